The molecule has 8 nitrogen and oxygen atoms in total. The van der Waals surface area contributed by atoms with Crippen molar-refractivity contribution >= 4 is 48.3 Å². The average molecular weight is 553 g/mol. The second-order valence-corrected chi connectivity index (χ2v) is 9.55. The Morgan fingerprint density at radius 2 is 1.75 bits per heavy atom. The van der Waals surface area contributed by atoms with Gasteiger partial charge in [-0.15, -0.1) is 35.0 Å². The molecular formula is C25H28Cl3N5O3. The Bertz CT molecular complexity index is 1260. The average Bonchev–Trinajstić information content (AvgIpc) is 3.30. The molecule has 3 aromatic rings. The maximum absolute atomic E-state index is 13.3. The molecule has 2 aliphatic rings. The Labute approximate surface area is 226 Å². The van der Waals surface area contributed by atoms with Crippen LogP contribution < -0.4 is 5.73 Å². The minimum Gasteiger partial charge on any atom is -0.478 e. The van der Waals surface area contributed by atoms with Crippen molar-refractivity contribution in [3.8, 4) is 11.4 Å². The zero-order valence-electron chi connectivity index (χ0n) is 19.5. The standard InChI is InChI=1S/C25H26ClN5O3.2ClH/c26-19-6-2-5-18(14-19)25(15-27)9-7-20(8-10-25)30-11-12-31-21(28-29-22(31)23(30)32)16-3-1-4-17(13-16)24(33)34;;/h1-6,13-14,20H,7-12,15,27H2,(H,33,34);2*1H/t20-,25+;;. The summed E-state index contributed by atoms with van der Waals surface area (Å²) in [5, 5.41) is 18.4. The first kappa shape index (κ1) is 27.9. The highest BCUT2D eigenvalue weighted by atomic mass is 35.5. The number of amides is 1. The van der Waals surface area contributed by atoms with Gasteiger partial charge in [0, 0.05) is 41.7 Å². The van der Waals surface area contributed by atoms with Crippen LogP contribution >= 0.6 is 36.4 Å². The number of benzene rings is 2. The second kappa shape index (κ2) is 11.2. The van der Waals surface area contributed by atoms with Crippen molar-refractivity contribution in [1.82, 2.24) is 19.7 Å². The summed E-state index contributed by atoms with van der Waals surface area (Å²) in [7, 11) is 0. The van der Waals surface area contributed by atoms with Crippen LogP contribution in [0.2, 0.25) is 5.02 Å². The van der Waals surface area contributed by atoms with Crippen LogP contribution in [0, 0.1) is 0 Å². The van der Waals surface area contributed by atoms with Gasteiger partial charge in [0.25, 0.3) is 5.91 Å². The molecule has 1 amide bonds. The molecule has 1 aromatic heterocycles. The number of hydrogen-bond donors (Lipinski definition) is 2. The molecule has 0 atom stereocenters. The molecule has 11 heteroatoms. The van der Waals surface area contributed by atoms with Crippen molar-refractivity contribution in [3.05, 3.63) is 70.5 Å². The van der Waals surface area contributed by atoms with Crippen molar-refractivity contribution in [3.63, 3.8) is 0 Å². The Hall–Kier alpha value is -2.65. The summed E-state index contributed by atoms with van der Waals surface area (Å²) in [6.07, 6.45) is 3.49. The van der Waals surface area contributed by atoms with Gasteiger partial charge in [-0.2, -0.15) is 0 Å². The second-order valence-electron chi connectivity index (χ2n) is 9.11. The van der Waals surface area contributed by atoms with Crippen LogP contribution in [0.1, 0.15) is 52.2 Å². The minimum absolute atomic E-state index is 0. The van der Waals surface area contributed by atoms with E-state index in [4.69, 9.17) is 17.3 Å². The molecule has 1 fully saturated rings. The van der Waals surface area contributed by atoms with Gasteiger partial charge >= 0.3 is 5.97 Å². The van der Waals surface area contributed by atoms with Crippen LogP contribution in [0.25, 0.3) is 11.4 Å². The summed E-state index contributed by atoms with van der Waals surface area (Å²) < 4.78 is 1.79. The zero-order valence-corrected chi connectivity index (χ0v) is 21.9. The summed E-state index contributed by atoms with van der Waals surface area (Å²) in [6.45, 7) is 1.67. The normalized spacial score (nSPS) is 21.2. The van der Waals surface area contributed by atoms with Crippen LogP contribution in [0.4, 0.5) is 0 Å². The van der Waals surface area contributed by atoms with Crippen molar-refractivity contribution in [2.45, 2.75) is 43.7 Å². The topological polar surface area (TPSA) is 114 Å². The predicted octanol–water partition coefficient (Wildman–Crippen LogP) is 4.44. The van der Waals surface area contributed by atoms with Crippen LogP contribution in [0.15, 0.2) is 48.5 Å². The van der Waals surface area contributed by atoms with Gasteiger partial charge in [-0.3, -0.25) is 4.79 Å². The first-order chi connectivity index (χ1) is 16.4. The fourth-order valence-electron chi connectivity index (χ4n) is 5.36. The van der Waals surface area contributed by atoms with Crippen molar-refractivity contribution in [2.24, 2.45) is 5.73 Å². The van der Waals surface area contributed by atoms with E-state index in [9.17, 15) is 14.7 Å². The van der Waals surface area contributed by atoms with Crippen molar-refractivity contribution in [1.29, 1.82) is 0 Å². The number of carbonyl (C=O) groups is 2. The van der Waals surface area contributed by atoms with E-state index in [0.29, 0.717) is 41.9 Å². The largest absolute Gasteiger partial charge is 0.478 e. The van der Waals surface area contributed by atoms with Crippen molar-refractivity contribution < 1.29 is 14.7 Å². The molecule has 2 heterocycles. The predicted molar refractivity (Wildman–Crippen MR) is 142 cm³/mol. The summed E-state index contributed by atoms with van der Waals surface area (Å²) >= 11 is 6.23. The minimum atomic E-state index is -1.01. The Morgan fingerprint density at radius 3 is 2.42 bits per heavy atom. The molecule has 0 bridgehead atoms. The van der Waals surface area contributed by atoms with Gasteiger partial charge in [0.15, 0.2) is 5.82 Å². The third kappa shape index (κ3) is 4.95. The molecule has 0 unspecified atom stereocenters. The van der Waals surface area contributed by atoms with E-state index in [0.717, 1.165) is 25.7 Å². The van der Waals surface area contributed by atoms with E-state index in [1.165, 1.54) is 11.6 Å². The lowest BCUT2D eigenvalue weighted by Gasteiger charge is -2.44. The maximum atomic E-state index is 13.3. The molecule has 0 radical (unpaired) electrons. The number of hydrogen-bond acceptors (Lipinski definition) is 5. The number of carboxylic acids is 1. The monoisotopic (exact) mass is 551 g/mol. The van der Waals surface area contributed by atoms with Gasteiger partial charge in [0.2, 0.25) is 5.82 Å². The summed E-state index contributed by atoms with van der Waals surface area (Å²) in [4.78, 5) is 26.6. The summed E-state index contributed by atoms with van der Waals surface area (Å²) in [5.74, 6) is -0.330. The number of aromatic carboxylic acids is 1. The van der Waals surface area contributed by atoms with Crippen LogP contribution in [-0.2, 0) is 12.0 Å². The third-order valence-corrected chi connectivity index (χ3v) is 7.55. The van der Waals surface area contributed by atoms with Crippen LogP contribution in [-0.4, -0.2) is 55.8 Å². The Morgan fingerprint density at radius 1 is 1.06 bits per heavy atom. The fourth-order valence-corrected chi connectivity index (χ4v) is 5.55. The first-order valence-corrected chi connectivity index (χ1v) is 11.8. The van der Waals surface area contributed by atoms with Gasteiger partial charge in [-0.1, -0.05) is 35.9 Å². The fraction of sp³-hybridized carbons (Fsp3) is 0.360. The van der Waals surface area contributed by atoms with E-state index in [2.05, 4.69) is 16.3 Å². The molecule has 36 heavy (non-hydrogen) atoms. The number of carboxylic acid groups (broad SMARTS) is 1. The highest BCUT2D eigenvalue weighted by Crippen LogP contribution is 2.41. The highest BCUT2D eigenvalue weighted by Gasteiger charge is 2.40. The summed E-state index contributed by atoms with van der Waals surface area (Å²) in [6, 6.07) is 14.6. The Kier molecular flexibility index (Phi) is 8.67. The first-order valence-electron chi connectivity index (χ1n) is 11.5. The SMILES string of the molecule is Cl.Cl.NC[C@]1(c2cccc(Cl)c2)CC[C@@H](N2CCn3c(nnc3-c3cccc(C(=O)O)c3)C2=O)CC1. The lowest BCUT2D eigenvalue weighted by atomic mass is 9.68. The molecule has 0 saturated heterocycles. The molecule has 1 saturated carbocycles. The number of rotatable bonds is 5. The number of nitrogens with zero attached hydrogens (tertiary/aromatic N) is 4. The van der Waals surface area contributed by atoms with E-state index >= 15 is 0 Å². The van der Waals surface area contributed by atoms with Gasteiger partial charge in [-0.05, 0) is 55.5 Å². The van der Waals surface area contributed by atoms with E-state index in [1.807, 2.05) is 23.1 Å². The van der Waals surface area contributed by atoms with E-state index < -0.39 is 5.97 Å². The van der Waals surface area contributed by atoms with Gasteiger partial charge in [0.05, 0.1) is 5.56 Å². The molecule has 192 valence electrons. The third-order valence-electron chi connectivity index (χ3n) is 7.32. The smallest absolute Gasteiger partial charge is 0.335 e. The quantitative estimate of drug-likeness (QED) is 0.484. The van der Waals surface area contributed by atoms with Gasteiger partial charge < -0.3 is 20.3 Å². The molecular weight excluding hydrogens is 525 g/mol. The molecule has 1 aliphatic heterocycles. The molecule has 0 spiro atoms. The van der Waals surface area contributed by atoms with Gasteiger partial charge in [-0.25, -0.2) is 4.79 Å². The van der Waals surface area contributed by atoms with E-state index in [-0.39, 0.29) is 47.7 Å². The lowest BCUT2D eigenvalue weighted by Crippen LogP contribution is -2.50. The molecule has 3 N–H and O–H groups in total. The maximum Gasteiger partial charge on any atom is 0.335 e. The molecule has 1 aliphatic carbocycles. The molecule has 2 aromatic carbocycles. The summed E-state index contributed by atoms with van der Waals surface area (Å²) in [5.41, 5.74) is 8.08. The van der Waals surface area contributed by atoms with Gasteiger partial charge in [0.1, 0.15) is 0 Å². The van der Waals surface area contributed by atoms with Crippen molar-refractivity contribution in [2.75, 3.05) is 13.1 Å². The Balaban J connectivity index is 0.00000180. The number of halogens is 3. The number of aromatic nitrogens is 3. The number of carbonyl (C=O) groups excluding carboxylic acids is 1. The zero-order chi connectivity index (χ0) is 23.9. The highest BCUT2D eigenvalue weighted by molar-refractivity contribution is 6.30. The van der Waals surface area contributed by atoms with Crippen LogP contribution in [0.3, 0.4) is 0 Å². The van der Waals surface area contributed by atoms with E-state index in [1.54, 1.807) is 22.8 Å². The lowest BCUT2D eigenvalue weighted by molar-refractivity contribution is 0.0523. The van der Waals surface area contributed by atoms with Crippen LogP contribution in [0.5, 0.6) is 0 Å². The number of fused-ring (bicyclic) bond motifs is 1. The number of nitrogens with two attached hydrogens (primary N) is 1. The molecule has 5 rings (SSSR count).